The zero-order valence-electron chi connectivity index (χ0n) is 9.98. The van der Waals surface area contributed by atoms with E-state index in [1.54, 1.807) is 26.1 Å². The second-order valence-electron chi connectivity index (χ2n) is 4.02. The predicted molar refractivity (Wildman–Crippen MR) is 68.0 cm³/mol. The van der Waals surface area contributed by atoms with Gasteiger partial charge in [0, 0.05) is 25.2 Å². The minimum absolute atomic E-state index is 0.217. The molecule has 4 nitrogen and oxygen atoms in total. The highest BCUT2D eigenvalue weighted by atomic mass is 35.5. The second kappa shape index (κ2) is 6.47. The van der Waals surface area contributed by atoms with Crippen LogP contribution in [0.4, 0.5) is 4.79 Å². The Kier molecular flexibility index (Phi) is 5.25. The first-order valence-corrected chi connectivity index (χ1v) is 5.78. The molecule has 0 fully saturated rings. The average Bonchev–Trinajstić information content (AvgIpc) is 2.25. The molecular formula is C12H17ClN2O2. The maximum absolute atomic E-state index is 11.6. The fraction of sp³-hybridized carbons (Fsp3) is 0.417. The molecule has 0 radical (unpaired) electrons. The van der Waals surface area contributed by atoms with E-state index in [4.69, 9.17) is 16.7 Å². The lowest BCUT2D eigenvalue weighted by Crippen LogP contribution is -2.40. The van der Waals surface area contributed by atoms with Gasteiger partial charge in [-0.25, -0.2) is 4.79 Å². The average molecular weight is 257 g/mol. The number of rotatable bonds is 4. The molecule has 2 N–H and O–H groups in total. The predicted octanol–water partition coefficient (Wildman–Crippen LogP) is 1.86. The van der Waals surface area contributed by atoms with Crippen molar-refractivity contribution in [1.29, 1.82) is 0 Å². The Labute approximate surface area is 106 Å². The molecule has 0 aliphatic rings. The van der Waals surface area contributed by atoms with Gasteiger partial charge in [-0.3, -0.25) is 0 Å². The molecule has 0 saturated carbocycles. The third-order valence-corrected chi connectivity index (χ3v) is 2.45. The summed E-state index contributed by atoms with van der Waals surface area (Å²) in [6, 6.07) is 7.10. The van der Waals surface area contributed by atoms with Gasteiger partial charge in [-0.05, 0) is 24.6 Å². The van der Waals surface area contributed by atoms with Crippen molar-refractivity contribution in [2.75, 3.05) is 13.6 Å². The van der Waals surface area contributed by atoms with Crippen LogP contribution in [0, 0.1) is 0 Å². The number of hydrogen-bond donors (Lipinski definition) is 2. The first kappa shape index (κ1) is 13.8. The summed E-state index contributed by atoms with van der Waals surface area (Å²) < 4.78 is 0. The zero-order chi connectivity index (χ0) is 12.8. The number of nitrogens with one attached hydrogen (secondary N) is 1. The number of urea groups is 1. The molecule has 0 aliphatic carbocycles. The van der Waals surface area contributed by atoms with E-state index in [1.807, 2.05) is 12.1 Å². The number of amides is 2. The van der Waals surface area contributed by atoms with Crippen LogP contribution in [-0.2, 0) is 6.54 Å². The van der Waals surface area contributed by atoms with Crippen molar-refractivity contribution in [2.45, 2.75) is 19.6 Å². The number of halogens is 1. The summed E-state index contributed by atoms with van der Waals surface area (Å²) in [4.78, 5) is 13.0. The van der Waals surface area contributed by atoms with Crippen LogP contribution >= 0.6 is 11.6 Å². The van der Waals surface area contributed by atoms with Crippen molar-refractivity contribution in [3.63, 3.8) is 0 Å². The Morgan fingerprint density at radius 3 is 2.88 bits per heavy atom. The van der Waals surface area contributed by atoms with Gasteiger partial charge in [0.1, 0.15) is 0 Å². The molecule has 17 heavy (non-hydrogen) atoms. The zero-order valence-corrected chi connectivity index (χ0v) is 10.7. The molecule has 2 amide bonds. The van der Waals surface area contributed by atoms with Gasteiger partial charge >= 0.3 is 6.03 Å². The lowest BCUT2D eigenvalue weighted by molar-refractivity contribution is 0.143. The fourth-order valence-corrected chi connectivity index (χ4v) is 1.65. The third kappa shape index (κ3) is 5.06. The van der Waals surface area contributed by atoms with E-state index in [-0.39, 0.29) is 6.03 Å². The molecule has 0 saturated heterocycles. The van der Waals surface area contributed by atoms with Crippen molar-refractivity contribution in [3.05, 3.63) is 34.9 Å². The lowest BCUT2D eigenvalue weighted by Gasteiger charge is -2.19. The highest BCUT2D eigenvalue weighted by Crippen LogP contribution is 2.10. The van der Waals surface area contributed by atoms with Crippen molar-refractivity contribution >= 4 is 17.6 Å². The first-order chi connectivity index (χ1) is 7.99. The molecule has 0 spiro atoms. The number of benzene rings is 1. The topological polar surface area (TPSA) is 52.6 Å². The summed E-state index contributed by atoms with van der Waals surface area (Å²) in [5, 5.41) is 12.6. The van der Waals surface area contributed by atoms with Gasteiger partial charge in [0.2, 0.25) is 0 Å². The number of carbonyl (C=O) groups excluding carboxylic acids is 1. The highest BCUT2D eigenvalue weighted by molar-refractivity contribution is 6.30. The van der Waals surface area contributed by atoms with Gasteiger partial charge in [-0.1, -0.05) is 23.7 Å². The molecule has 1 rings (SSSR count). The highest BCUT2D eigenvalue weighted by Gasteiger charge is 2.09. The third-order valence-electron chi connectivity index (χ3n) is 2.22. The fourth-order valence-electron chi connectivity index (χ4n) is 1.44. The Morgan fingerprint density at radius 1 is 1.59 bits per heavy atom. The van der Waals surface area contributed by atoms with Crippen LogP contribution < -0.4 is 5.32 Å². The van der Waals surface area contributed by atoms with Gasteiger partial charge in [0.05, 0.1) is 6.10 Å². The van der Waals surface area contributed by atoms with Gasteiger partial charge < -0.3 is 15.3 Å². The van der Waals surface area contributed by atoms with Gasteiger partial charge in [0.15, 0.2) is 0 Å². The van der Waals surface area contributed by atoms with Gasteiger partial charge in [-0.2, -0.15) is 0 Å². The number of nitrogens with zero attached hydrogens (tertiary/aromatic N) is 1. The van der Waals surface area contributed by atoms with E-state index in [0.29, 0.717) is 18.1 Å². The van der Waals surface area contributed by atoms with Crippen LogP contribution in [-0.4, -0.2) is 35.7 Å². The van der Waals surface area contributed by atoms with Crippen LogP contribution in [0.15, 0.2) is 24.3 Å². The summed E-state index contributed by atoms with van der Waals surface area (Å²) in [6.07, 6.45) is -0.531. The maximum Gasteiger partial charge on any atom is 0.317 e. The molecule has 1 aromatic rings. The number of aliphatic hydroxyl groups excluding tert-OH is 1. The van der Waals surface area contributed by atoms with E-state index in [0.717, 1.165) is 5.56 Å². The molecule has 1 unspecified atom stereocenters. The van der Waals surface area contributed by atoms with Crippen LogP contribution in [0.25, 0.3) is 0 Å². The quantitative estimate of drug-likeness (QED) is 0.864. The molecule has 1 atom stereocenters. The molecule has 1 aromatic carbocycles. The molecule has 5 heteroatoms. The Balaban J connectivity index is 2.43. The molecule has 0 heterocycles. The van der Waals surface area contributed by atoms with Crippen LogP contribution in [0.5, 0.6) is 0 Å². The second-order valence-corrected chi connectivity index (χ2v) is 4.45. The number of likely N-dealkylation sites (N-methyl/N-ethyl adjacent to an activating group) is 1. The number of aliphatic hydroxyl groups is 1. The summed E-state index contributed by atoms with van der Waals surface area (Å²) in [7, 11) is 1.64. The SMILES string of the molecule is CC(O)CN(C)C(=O)NCc1cccc(Cl)c1. The Morgan fingerprint density at radius 2 is 2.29 bits per heavy atom. The molecule has 0 aliphatic heterocycles. The number of hydrogen-bond acceptors (Lipinski definition) is 2. The van der Waals surface area contributed by atoms with E-state index in [9.17, 15) is 4.79 Å². The number of carbonyl (C=O) groups is 1. The van der Waals surface area contributed by atoms with E-state index >= 15 is 0 Å². The minimum atomic E-state index is -0.531. The van der Waals surface area contributed by atoms with Crippen LogP contribution in [0.3, 0.4) is 0 Å². The molecule has 0 aromatic heterocycles. The summed E-state index contributed by atoms with van der Waals surface area (Å²) in [5.74, 6) is 0. The van der Waals surface area contributed by atoms with E-state index in [1.165, 1.54) is 4.90 Å². The molecular weight excluding hydrogens is 240 g/mol. The van der Waals surface area contributed by atoms with Gasteiger partial charge in [-0.15, -0.1) is 0 Å². The van der Waals surface area contributed by atoms with Crippen molar-refractivity contribution in [1.82, 2.24) is 10.2 Å². The van der Waals surface area contributed by atoms with Crippen LogP contribution in [0.1, 0.15) is 12.5 Å². The Hall–Kier alpha value is -1.26. The summed E-state index contributed by atoms with van der Waals surface area (Å²) in [6.45, 7) is 2.37. The van der Waals surface area contributed by atoms with Crippen LogP contribution in [0.2, 0.25) is 5.02 Å². The van der Waals surface area contributed by atoms with E-state index in [2.05, 4.69) is 5.32 Å². The Bertz CT molecular complexity index is 383. The standard InChI is InChI=1S/C12H17ClN2O2/c1-9(16)8-15(2)12(17)14-7-10-4-3-5-11(13)6-10/h3-6,9,16H,7-8H2,1-2H3,(H,14,17). The normalized spacial score (nSPS) is 12.0. The van der Waals surface area contributed by atoms with E-state index < -0.39 is 6.10 Å². The largest absolute Gasteiger partial charge is 0.392 e. The molecule has 0 bridgehead atoms. The van der Waals surface area contributed by atoms with Gasteiger partial charge in [0.25, 0.3) is 0 Å². The van der Waals surface area contributed by atoms with Crippen molar-refractivity contribution < 1.29 is 9.90 Å². The smallest absolute Gasteiger partial charge is 0.317 e. The molecule has 94 valence electrons. The van der Waals surface area contributed by atoms with Crippen molar-refractivity contribution in [3.8, 4) is 0 Å². The summed E-state index contributed by atoms with van der Waals surface area (Å²) in [5.41, 5.74) is 0.941. The minimum Gasteiger partial charge on any atom is -0.392 e. The maximum atomic E-state index is 11.6. The monoisotopic (exact) mass is 256 g/mol. The lowest BCUT2D eigenvalue weighted by atomic mass is 10.2. The first-order valence-electron chi connectivity index (χ1n) is 5.40. The summed E-state index contributed by atoms with van der Waals surface area (Å²) >= 11 is 5.84. The van der Waals surface area contributed by atoms with Crippen molar-refractivity contribution in [2.24, 2.45) is 0 Å².